The van der Waals surface area contributed by atoms with Gasteiger partial charge in [0.05, 0.1) is 17.5 Å². The van der Waals surface area contributed by atoms with Crippen LogP contribution in [0.15, 0.2) is 18.9 Å². The predicted octanol–water partition coefficient (Wildman–Crippen LogP) is 6.42. The van der Waals surface area contributed by atoms with Crippen LogP contribution in [0.1, 0.15) is 108 Å². The van der Waals surface area contributed by atoms with Crippen LogP contribution in [0.5, 0.6) is 0 Å². The summed E-state index contributed by atoms with van der Waals surface area (Å²) in [4.78, 5) is 13.1. The van der Waals surface area contributed by atoms with Gasteiger partial charge in [0.15, 0.2) is 0 Å². The minimum atomic E-state index is 0.0223. The van der Waals surface area contributed by atoms with Gasteiger partial charge in [0.1, 0.15) is 0 Å². The molecule has 0 spiro atoms. The summed E-state index contributed by atoms with van der Waals surface area (Å²) < 4.78 is 0. The molecule has 2 aliphatic rings. The number of carbonyl (C=O) groups is 1. The molecule has 0 radical (unpaired) electrons. The van der Waals surface area contributed by atoms with Crippen molar-refractivity contribution < 1.29 is 4.79 Å². The maximum absolute atomic E-state index is 13.1. The Hall–Kier alpha value is -1.84. The van der Waals surface area contributed by atoms with Crippen molar-refractivity contribution in [1.82, 2.24) is 15.5 Å². The first-order valence-corrected chi connectivity index (χ1v) is 11.9. The second kappa shape index (κ2) is 11.4. The van der Waals surface area contributed by atoms with E-state index in [9.17, 15) is 4.79 Å². The van der Waals surface area contributed by atoms with E-state index in [0.29, 0.717) is 11.5 Å². The van der Waals surface area contributed by atoms with Gasteiger partial charge in [-0.2, -0.15) is 5.10 Å². The normalized spacial score (nSPS) is 20.9. The monoisotopic (exact) mass is 397 g/mol. The Morgan fingerprint density at radius 2 is 1.55 bits per heavy atom. The molecule has 1 aromatic heterocycles. The molecule has 0 atom stereocenters. The average molecular weight is 398 g/mol. The zero-order chi connectivity index (χ0) is 20.5. The molecule has 2 fully saturated rings. The molecule has 4 heteroatoms. The minimum Gasteiger partial charge on any atom is -0.349 e. The predicted molar refractivity (Wildman–Crippen MR) is 121 cm³/mol. The number of nitrogens with one attached hydrogen (secondary N) is 2. The number of amides is 1. The van der Waals surface area contributed by atoms with Crippen LogP contribution in [-0.2, 0) is 4.79 Å². The largest absolute Gasteiger partial charge is 0.349 e. The number of hydrogen-bond acceptors (Lipinski definition) is 2. The van der Waals surface area contributed by atoms with E-state index in [-0.39, 0.29) is 11.9 Å². The maximum atomic E-state index is 13.1. The Morgan fingerprint density at radius 3 is 2.14 bits per heavy atom. The lowest BCUT2D eigenvalue weighted by molar-refractivity contribution is -0.116. The molecule has 1 aromatic rings. The second-order valence-corrected chi connectivity index (χ2v) is 8.94. The van der Waals surface area contributed by atoms with Gasteiger partial charge in [0.25, 0.3) is 5.91 Å². The lowest BCUT2D eigenvalue weighted by Gasteiger charge is -2.23. The number of carbonyl (C=O) groups excluding carboxylic acids is 1. The SMILES string of the molecule is C=C(c1cn[nH]c1/C(=C\C)C(=O)NC1CCCCCCC1)C1CCCCCCC1. The number of hydrogen-bond donors (Lipinski definition) is 2. The first kappa shape index (κ1) is 21.9. The van der Waals surface area contributed by atoms with Crippen molar-refractivity contribution in [1.29, 1.82) is 0 Å². The van der Waals surface area contributed by atoms with Crippen LogP contribution < -0.4 is 5.32 Å². The molecule has 0 aromatic carbocycles. The van der Waals surface area contributed by atoms with Crippen molar-refractivity contribution in [2.75, 3.05) is 0 Å². The third-order valence-electron chi connectivity index (χ3n) is 6.83. The zero-order valence-electron chi connectivity index (χ0n) is 18.3. The molecule has 2 aliphatic carbocycles. The Morgan fingerprint density at radius 1 is 1.00 bits per heavy atom. The smallest absolute Gasteiger partial charge is 0.253 e. The van der Waals surface area contributed by atoms with Crippen LogP contribution in [-0.4, -0.2) is 22.1 Å². The molecule has 29 heavy (non-hydrogen) atoms. The third kappa shape index (κ3) is 6.07. The van der Waals surface area contributed by atoms with Gasteiger partial charge in [-0.15, -0.1) is 0 Å². The van der Waals surface area contributed by atoms with Gasteiger partial charge in [-0.1, -0.05) is 76.9 Å². The molecular formula is C25H39N3O. The second-order valence-electron chi connectivity index (χ2n) is 8.94. The van der Waals surface area contributed by atoms with Gasteiger partial charge in [-0.3, -0.25) is 9.89 Å². The lowest BCUT2D eigenvalue weighted by Crippen LogP contribution is -2.36. The number of nitrogens with zero attached hydrogens (tertiary/aromatic N) is 1. The van der Waals surface area contributed by atoms with E-state index in [4.69, 9.17) is 0 Å². The quantitative estimate of drug-likeness (QED) is 0.564. The number of rotatable bonds is 5. The Bertz CT molecular complexity index is 687. The summed E-state index contributed by atoms with van der Waals surface area (Å²) in [5, 5.41) is 10.7. The van der Waals surface area contributed by atoms with Crippen LogP contribution >= 0.6 is 0 Å². The summed E-state index contributed by atoms with van der Waals surface area (Å²) >= 11 is 0. The van der Waals surface area contributed by atoms with E-state index in [0.717, 1.165) is 29.7 Å². The summed E-state index contributed by atoms with van der Waals surface area (Å²) in [5.41, 5.74) is 3.71. The van der Waals surface area contributed by atoms with Crippen LogP contribution in [0.2, 0.25) is 0 Å². The molecule has 160 valence electrons. The molecule has 0 saturated heterocycles. The molecule has 0 unspecified atom stereocenters. The highest BCUT2D eigenvalue weighted by Crippen LogP contribution is 2.35. The summed E-state index contributed by atoms with van der Waals surface area (Å²) in [7, 11) is 0. The van der Waals surface area contributed by atoms with E-state index in [1.165, 1.54) is 77.0 Å². The lowest BCUT2D eigenvalue weighted by atomic mass is 9.83. The van der Waals surface area contributed by atoms with E-state index >= 15 is 0 Å². The van der Waals surface area contributed by atoms with Gasteiger partial charge in [0.2, 0.25) is 0 Å². The standard InChI is InChI=1S/C25H39N3O/c1-3-22(25(29)27-21-16-12-8-5-9-13-17-21)24-23(18-26-28-24)19(2)20-14-10-6-4-7-11-15-20/h3,18,20-21H,2,4-17H2,1H3,(H,26,28)(H,27,29)/b22-3+. The molecule has 4 nitrogen and oxygen atoms in total. The van der Waals surface area contributed by atoms with Crippen molar-refractivity contribution in [3.05, 3.63) is 30.1 Å². The van der Waals surface area contributed by atoms with Crippen molar-refractivity contribution in [3.8, 4) is 0 Å². The van der Waals surface area contributed by atoms with Gasteiger partial charge in [0, 0.05) is 11.6 Å². The molecule has 2 saturated carbocycles. The molecule has 0 bridgehead atoms. The van der Waals surface area contributed by atoms with E-state index in [1.54, 1.807) is 0 Å². The average Bonchev–Trinajstić information content (AvgIpc) is 3.13. The maximum Gasteiger partial charge on any atom is 0.253 e. The molecule has 3 rings (SSSR count). The first-order chi connectivity index (χ1) is 14.2. The molecule has 1 amide bonds. The van der Waals surface area contributed by atoms with Crippen molar-refractivity contribution in [3.63, 3.8) is 0 Å². The highest BCUT2D eigenvalue weighted by molar-refractivity contribution is 6.19. The van der Waals surface area contributed by atoms with E-state index < -0.39 is 0 Å². The Labute approximate surface area is 176 Å². The highest BCUT2D eigenvalue weighted by Gasteiger charge is 2.24. The summed E-state index contributed by atoms with van der Waals surface area (Å²) in [6.07, 6.45) is 21.2. The van der Waals surface area contributed by atoms with Crippen molar-refractivity contribution >= 4 is 17.1 Å². The van der Waals surface area contributed by atoms with Crippen molar-refractivity contribution in [2.45, 2.75) is 103 Å². The highest BCUT2D eigenvalue weighted by atomic mass is 16.1. The van der Waals surface area contributed by atoms with Gasteiger partial charge in [-0.25, -0.2) is 0 Å². The van der Waals surface area contributed by atoms with Gasteiger partial charge < -0.3 is 5.32 Å². The first-order valence-electron chi connectivity index (χ1n) is 11.9. The van der Waals surface area contributed by atoms with Crippen LogP contribution in [0.3, 0.4) is 0 Å². The topological polar surface area (TPSA) is 57.8 Å². The van der Waals surface area contributed by atoms with Gasteiger partial charge in [-0.05, 0) is 44.1 Å². The van der Waals surface area contributed by atoms with E-state index in [2.05, 4.69) is 22.1 Å². The van der Waals surface area contributed by atoms with E-state index in [1.807, 2.05) is 19.2 Å². The summed E-state index contributed by atoms with van der Waals surface area (Å²) in [5.74, 6) is 0.521. The number of aromatic amines is 1. The summed E-state index contributed by atoms with van der Waals surface area (Å²) in [6.45, 7) is 6.39. The minimum absolute atomic E-state index is 0.0223. The summed E-state index contributed by atoms with van der Waals surface area (Å²) in [6, 6.07) is 0.290. The van der Waals surface area contributed by atoms with Crippen molar-refractivity contribution in [2.24, 2.45) is 5.92 Å². The third-order valence-corrected chi connectivity index (χ3v) is 6.83. The molecule has 2 N–H and O–H groups in total. The van der Waals surface area contributed by atoms with Crippen LogP contribution in [0.25, 0.3) is 11.1 Å². The zero-order valence-corrected chi connectivity index (χ0v) is 18.3. The van der Waals surface area contributed by atoms with Crippen LogP contribution in [0.4, 0.5) is 0 Å². The number of aromatic nitrogens is 2. The fourth-order valence-electron chi connectivity index (χ4n) is 5.01. The Kier molecular flexibility index (Phi) is 8.57. The Balaban J connectivity index is 1.70. The fourth-order valence-corrected chi connectivity index (χ4v) is 5.01. The van der Waals surface area contributed by atoms with Gasteiger partial charge >= 0.3 is 0 Å². The fraction of sp³-hybridized carbons (Fsp3) is 0.680. The number of H-pyrrole nitrogens is 1. The van der Waals surface area contributed by atoms with Crippen LogP contribution in [0, 0.1) is 5.92 Å². The molecular weight excluding hydrogens is 358 g/mol. The molecule has 1 heterocycles. The molecule has 0 aliphatic heterocycles. The number of allylic oxidation sites excluding steroid dienone is 2.